The lowest BCUT2D eigenvalue weighted by molar-refractivity contribution is -0.120. The Labute approximate surface area is 95.2 Å². The van der Waals surface area contributed by atoms with Crippen LogP contribution in [0.15, 0.2) is 12.3 Å². The van der Waals surface area contributed by atoms with E-state index in [1.165, 1.54) is 12.8 Å². The van der Waals surface area contributed by atoms with Gasteiger partial charge in [0.25, 0.3) is 0 Å². The molecule has 1 saturated carbocycles. The van der Waals surface area contributed by atoms with Crippen molar-refractivity contribution in [2.45, 2.75) is 25.3 Å². The summed E-state index contributed by atoms with van der Waals surface area (Å²) in [6.07, 6.45) is 5.02. The van der Waals surface area contributed by atoms with Crippen molar-refractivity contribution in [1.29, 1.82) is 0 Å². The first kappa shape index (κ1) is 11.1. The molecule has 1 fully saturated rings. The van der Waals surface area contributed by atoms with Crippen molar-refractivity contribution in [1.82, 2.24) is 20.4 Å². The van der Waals surface area contributed by atoms with Gasteiger partial charge in [0.15, 0.2) is 0 Å². The number of nitrogens with zero attached hydrogens (tertiary/aromatic N) is 2. The Morgan fingerprint density at radius 1 is 1.62 bits per heavy atom. The molecule has 1 aliphatic carbocycles. The molecule has 0 aliphatic heterocycles. The van der Waals surface area contributed by atoms with Gasteiger partial charge in [0.05, 0.1) is 6.54 Å². The first-order chi connectivity index (χ1) is 7.75. The van der Waals surface area contributed by atoms with Gasteiger partial charge in [-0.2, -0.15) is 5.10 Å². The fraction of sp³-hybridized carbons (Fsp3) is 0.636. The van der Waals surface area contributed by atoms with Crippen LogP contribution in [0, 0.1) is 0 Å². The maximum Gasteiger partial charge on any atom is 0.233 e. The molecule has 0 saturated heterocycles. The molecule has 16 heavy (non-hydrogen) atoms. The van der Waals surface area contributed by atoms with Crippen LogP contribution in [0.5, 0.6) is 0 Å². The number of carbonyl (C=O) groups is 1. The number of amides is 1. The summed E-state index contributed by atoms with van der Waals surface area (Å²) in [6, 6.07) is 2.55. The van der Waals surface area contributed by atoms with E-state index in [2.05, 4.69) is 15.7 Å². The second kappa shape index (κ2) is 5.12. The Hall–Kier alpha value is -1.36. The van der Waals surface area contributed by atoms with Crippen LogP contribution in [-0.4, -0.2) is 34.8 Å². The van der Waals surface area contributed by atoms with Crippen LogP contribution >= 0.6 is 0 Å². The van der Waals surface area contributed by atoms with Gasteiger partial charge in [-0.3, -0.25) is 9.48 Å². The quantitative estimate of drug-likeness (QED) is 0.702. The zero-order chi connectivity index (χ0) is 11.4. The number of hydrogen-bond donors (Lipinski definition) is 2. The maximum absolute atomic E-state index is 11.4. The van der Waals surface area contributed by atoms with Crippen LogP contribution in [0.4, 0.5) is 0 Å². The molecule has 1 amide bonds. The zero-order valence-electron chi connectivity index (χ0n) is 9.57. The van der Waals surface area contributed by atoms with Gasteiger partial charge in [-0.05, 0) is 18.9 Å². The third kappa shape index (κ3) is 3.34. The number of rotatable bonds is 6. The van der Waals surface area contributed by atoms with Gasteiger partial charge in [0.1, 0.15) is 0 Å². The Kier molecular flexibility index (Phi) is 3.56. The van der Waals surface area contributed by atoms with Gasteiger partial charge in [-0.15, -0.1) is 0 Å². The van der Waals surface area contributed by atoms with E-state index in [0.717, 1.165) is 12.1 Å². The summed E-state index contributed by atoms with van der Waals surface area (Å²) in [5.41, 5.74) is 1.13. The summed E-state index contributed by atoms with van der Waals surface area (Å²) in [5.74, 6) is 0.0778. The van der Waals surface area contributed by atoms with Crippen molar-refractivity contribution in [2.75, 3.05) is 13.1 Å². The van der Waals surface area contributed by atoms with E-state index < -0.39 is 0 Å². The zero-order valence-corrected chi connectivity index (χ0v) is 9.57. The van der Waals surface area contributed by atoms with Crippen molar-refractivity contribution in [3.05, 3.63) is 18.0 Å². The monoisotopic (exact) mass is 222 g/mol. The van der Waals surface area contributed by atoms with Gasteiger partial charge < -0.3 is 10.6 Å². The standard InChI is InChI=1S/C11H18N4O/c1-15-10(5-7-14-15)4-6-12-11(16)8-13-9-2-3-9/h5,7,9,13H,2-4,6,8H2,1H3,(H,12,16). The Balaban J connectivity index is 1.59. The molecule has 0 atom stereocenters. The molecule has 0 spiro atoms. The minimum Gasteiger partial charge on any atom is -0.355 e. The highest BCUT2D eigenvalue weighted by molar-refractivity contribution is 5.78. The van der Waals surface area contributed by atoms with Crippen LogP contribution in [0.1, 0.15) is 18.5 Å². The largest absolute Gasteiger partial charge is 0.355 e. The Morgan fingerprint density at radius 3 is 3.06 bits per heavy atom. The summed E-state index contributed by atoms with van der Waals surface area (Å²) in [6.45, 7) is 1.11. The molecule has 0 aromatic carbocycles. The van der Waals surface area contributed by atoms with Crippen molar-refractivity contribution < 1.29 is 4.79 Å². The predicted molar refractivity (Wildman–Crippen MR) is 60.9 cm³/mol. The van der Waals surface area contributed by atoms with Gasteiger partial charge in [0.2, 0.25) is 5.91 Å². The highest BCUT2D eigenvalue weighted by Crippen LogP contribution is 2.17. The van der Waals surface area contributed by atoms with Gasteiger partial charge in [-0.25, -0.2) is 0 Å². The highest BCUT2D eigenvalue weighted by Gasteiger charge is 2.20. The second-order valence-corrected chi connectivity index (χ2v) is 4.20. The van der Waals surface area contributed by atoms with E-state index in [1.54, 1.807) is 6.20 Å². The SMILES string of the molecule is Cn1nccc1CCNC(=O)CNC1CC1. The summed E-state index contributed by atoms with van der Waals surface area (Å²) in [7, 11) is 1.91. The molecular weight excluding hydrogens is 204 g/mol. The Morgan fingerprint density at radius 2 is 2.44 bits per heavy atom. The minimum atomic E-state index is 0.0778. The lowest BCUT2D eigenvalue weighted by Crippen LogP contribution is -2.35. The normalized spacial score (nSPS) is 15.1. The fourth-order valence-corrected chi connectivity index (χ4v) is 1.56. The first-order valence-corrected chi connectivity index (χ1v) is 5.72. The molecule has 1 heterocycles. The molecule has 1 aromatic rings. The van der Waals surface area contributed by atoms with Gasteiger partial charge in [0, 0.05) is 37.9 Å². The van der Waals surface area contributed by atoms with E-state index in [1.807, 2.05) is 17.8 Å². The number of nitrogens with one attached hydrogen (secondary N) is 2. The summed E-state index contributed by atoms with van der Waals surface area (Å²) < 4.78 is 1.83. The van der Waals surface area contributed by atoms with Crippen LogP contribution in [0.3, 0.4) is 0 Å². The van der Waals surface area contributed by atoms with Crippen LogP contribution < -0.4 is 10.6 Å². The molecule has 88 valence electrons. The topological polar surface area (TPSA) is 59.0 Å². The number of aromatic nitrogens is 2. The van der Waals surface area contributed by atoms with E-state index in [-0.39, 0.29) is 5.91 Å². The average molecular weight is 222 g/mol. The van der Waals surface area contributed by atoms with Crippen LogP contribution in [0.25, 0.3) is 0 Å². The number of hydrogen-bond acceptors (Lipinski definition) is 3. The van der Waals surface area contributed by atoms with Crippen molar-refractivity contribution in [3.8, 4) is 0 Å². The molecule has 1 aliphatic rings. The lowest BCUT2D eigenvalue weighted by atomic mass is 10.3. The third-order valence-electron chi connectivity index (χ3n) is 2.75. The molecule has 2 rings (SSSR count). The predicted octanol–water partition coefficient (Wildman–Crippen LogP) is -0.169. The molecule has 5 heteroatoms. The van der Waals surface area contributed by atoms with E-state index in [9.17, 15) is 4.79 Å². The maximum atomic E-state index is 11.4. The summed E-state index contributed by atoms with van der Waals surface area (Å²) >= 11 is 0. The summed E-state index contributed by atoms with van der Waals surface area (Å²) in [5, 5.41) is 10.1. The minimum absolute atomic E-state index is 0.0778. The van der Waals surface area contributed by atoms with Crippen molar-refractivity contribution >= 4 is 5.91 Å². The van der Waals surface area contributed by atoms with Crippen LogP contribution in [-0.2, 0) is 18.3 Å². The van der Waals surface area contributed by atoms with Crippen molar-refractivity contribution in [2.24, 2.45) is 7.05 Å². The Bertz CT molecular complexity index is 357. The smallest absolute Gasteiger partial charge is 0.233 e. The van der Waals surface area contributed by atoms with Crippen LogP contribution in [0.2, 0.25) is 0 Å². The molecule has 0 unspecified atom stereocenters. The van der Waals surface area contributed by atoms with Gasteiger partial charge >= 0.3 is 0 Å². The highest BCUT2D eigenvalue weighted by atomic mass is 16.1. The van der Waals surface area contributed by atoms with E-state index in [4.69, 9.17) is 0 Å². The third-order valence-corrected chi connectivity index (χ3v) is 2.75. The molecule has 0 radical (unpaired) electrons. The van der Waals surface area contributed by atoms with Gasteiger partial charge in [-0.1, -0.05) is 0 Å². The molecular formula is C11H18N4O. The average Bonchev–Trinajstić information content (AvgIpc) is 3.01. The molecule has 5 nitrogen and oxygen atoms in total. The fourth-order valence-electron chi connectivity index (χ4n) is 1.56. The molecule has 1 aromatic heterocycles. The molecule has 0 bridgehead atoms. The van der Waals surface area contributed by atoms with Crippen molar-refractivity contribution in [3.63, 3.8) is 0 Å². The number of aryl methyl sites for hydroxylation is 1. The summed E-state index contributed by atoms with van der Waals surface area (Å²) in [4.78, 5) is 11.4. The lowest BCUT2D eigenvalue weighted by Gasteiger charge is -2.06. The molecule has 2 N–H and O–H groups in total. The van der Waals surface area contributed by atoms with E-state index >= 15 is 0 Å². The van der Waals surface area contributed by atoms with E-state index in [0.29, 0.717) is 19.1 Å². The second-order valence-electron chi connectivity index (χ2n) is 4.20. The number of carbonyl (C=O) groups excluding carboxylic acids is 1. The first-order valence-electron chi connectivity index (χ1n) is 5.72.